The third-order valence-electron chi connectivity index (χ3n) is 1.89. The Morgan fingerprint density at radius 2 is 1.93 bits per heavy atom. The molecule has 1 fully saturated rings. The predicted octanol–water partition coefficient (Wildman–Crippen LogP) is 3.33. The molecule has 84 valence electrons. The number of rotatable bonds is 1. The van der Waals surface area contributed by atoms with E-state index in [9.17, 15) is 4.79 Å². The summed E-state index contributed by atoms with van der Waals surface area (Å²) < 4.78 is 0. The fourth-order valence-corrected chi connectivity index (χ4v) is 1.11. The molecule has 1 saturated heterocycles. The lowest BCUT2D eigenvalue weighted by atomic mass is 10.0. The van der Waals surface area contributed by atoms with Crippen LogP contribution in [0.25, 0.3) is 0 Å². The van der Waals surface area contributed by atoms with E-state index in [1.54, 1.807) is 0 Å². The average molecular weight is 207 g/mol. The number of carbonyl (C=O) groups excluding carboxylic acids is 1. The maximum atomic E-state index is 11.0. The van der Waals surface area contributed by atoms with E-state index >= 15 is 0 Å². The molecule has 0 atom stereocenters. The third-order valence-corrected chi connectivity index (χ3v) is 1.89. The molecule has 0 spiro atoms. The highest BCUT2D eigenvalue weighted by molar-refractivity contribution is 5.81. The van der Waals surface area contributed by atoms with Crippen molar-refractivity contribution in [1.29, 1.82) is 0 Å². The van der Waals surface area contributed by atoms with E-state index in [-0.39, 0.29) is 5.91 Å². The minimum Gasteiger partial charge on any atom is -0.326 e. The molecule has 1 aliphatic rings. The Morgan fingerprint density at radius 3 is 2.47 bits per heavy atom. The highest BCUT2D eigenvalue weighted by Gasteiger charge is 2.14. The number of hydrogen-bond donors (Lipinski definition) is 1. The lowest BCUT2D eigenvalue weighted by molar-refractivity contribution is -0.120. The van der Waals surface area contributed by atoms with Crippen molar-refractivity contribution in [2.75, 3.05) is 0 Å². The molecular weight excluding hydrogens is 186 g/mol. The van der Waals surface area contributed by atoms with Crippen LogP contribution in [0.15, 0.2) is 35.6 Å². The maximum absolute atomic E-state index is 11.0. The lowest BCUT2D eigenvalue weighted by Crippen LogP contribution is -2.27. The van der Waals surface area contributed by atoms with Crippen molar-refractivity contribution >= 4 is 5.91 Å². The highest BCUT2D eigenvalue weighted by Crippen LogP contribution is 2.17. The van der Waals surface area contributed by atoms with Gasteiger partial charge in [-0.25, -0.2) is 0 Å². The van der Waals surface area contributed by atoms with Crippen molar-refractivity contribution in [3.05, 3.63) is 35.6 Å². The average Bonchev–Trinajstić information content (AvgIpc) is 2.22. The monoisotopic (exact) mass is 207 g/mol. The molecule has 1 rings (SSSR count). The van der Waals surface area contributed by atoms with Gasteiger partial charge in [0.1, 0.15) is 0 Å². The van der Waals surface area contributed by atoms with E-state index in [2.05, 4.69) is 11.9 Å². The minimum atomic E-state index is 0.0841. The van der Waals surface area contributed by atoms with Crippen LogP contribution in [0.4, 0.5) is 0 Å². The van der Waals surface area contributed by atoms with Gasteiger partial charge in [-0.3, -0.25) is 4.79 Å². The molecule has 0 bridgehead atoms. The van der Waals surface area contributed by atoms with Crippen LogP contribution in [0.5, 0.6) is 0 Å². The summed E-state index contributed by atoms with van der Waals surface area (Å²) in [5.41, 5.74) is 3.08. The van der Waals surface area contributed by atoms with Crippen LogP contribution in [0.2, 0.25) is 0 Å². The predicted molar refractivity (Wildman–Crippen MR) is 65.4 cm³/mol. The second-order valence-corrected chi connectivity index (χ2v) is 3.48. The first-order chi connectivity index (χ1) is 7.09. The van der Waals surface area contributed by atoms with Gasteiger partial charge in [0.15, 0.2) is 0 Å². The van der Waals surface area contributed by atoms with Gasteiger partial charge in [-0.15, -0.1) is 0 Å². The number of piperidine rings is 1. The number of amides is 1. The summed E-state index contributed by atoms with van der Waals surface area (Å²) in [6.07, 6.45) is 5.22. The van der Waals surface area contributed by atoms with E-state index in [1.165, 1.54) is 5.57 Å². The lowest BCUT2D eigenvalue weighted by Gasteiger charge is -2.17. The SMILES string of the molecule is C=C1CCC(=O)N/C1=C/C=C(C)C.CC. The van der Waals surface area contributed by atoms with E-state index in [1.807, 2.05) is 39.8 Å². The third kappa shape index (κ3) is 5.21. The van der Waals surface area contributed by atoms with Crippen molar-refractivity contribution in [2.24, 2.45) is 0 Å². The fourth-order valence-electron chi connectivity index (χ4n) is 1.11. The Labute approximate surface area is 92.8 Å². The summed E-state index contributed by atoms with van der Waals surface area (Å²) in [4.78, 5) is 11.0. The van der Waals surface area contributed by atoms with Gasteiger partial charge in [0.25, 0.3) is 0 Å². The molecule has 0 radical (unpaired) electrons. The van der Waals surface area contributed by atoms with Crippen LogP contribution < -0.4 is 5.32 Å². The fraction of sp³-hybridized carbons (Fsp3) is 0.462. The van der Waals surface area contributed by atoms with Gasteiger partial charge in [-0.1, -0.05) is 32.1 Å². The molecule has 1 aliphatic heterocycles. The first kappa shape index (κ1) is 13.7. The quantitative estimate of drug-likeness (QED) is 0.702. The molecule has 0 aromatic rings. The van der Waals surface area contributed by atoms with Crippen LogP contribution in [0.1, 0.15) is 40.5 Å². The molecule has 1 N–H and O–H groups in total. The number of allylic oxidation sites excluding steroid dienone is 4. The second-order valence-electron chi connectivity index (χ2n) is 3.48. The van der Waals surface area contributed by atoms with Gasteiger partial charge in [-0.05, 0) is 31.9 Å². The summed E-state index contributed by atoms with van der Waals surface area (Å²) in [5, 5.41) is 2.80. The van der Waals surface area contributed by atoms with Gasteiger partial charge in [0.2, 0.25) is 5.91 Å². The van der Waals surface area contributed by atoms with Crippen LogP contribution in [0.3, 0.4) is 0 Å². The Bertz CT molecular complexity index is 294. The van der Waals surface area contributed by atoms with Crippen molar-refractivity contribution < 1.29 is 4.79 Å². The number of carbonyl (C=O) groups is 1. The largest absolute Gasteiger partial charge is 0.326 e. The molecule has 0 unspecified atom stereocenters. The maximum Gasteiger partial charge on any atom is 0.224 e. The molecule has 0 aromatic heterocycles. The van der Waals surface area contributed by atoms with Gasteiger partial charge in [0.05, 0.1) is 0 Å². The molecule has 2 nitrogen and oxygen atoms in total. The van der Waals surface area contributed by atoms with Crippen molar-refractivity contribution in [1.82, 2.24) is 5.32 Å². The molecule has 0 aromatic carbocycles. The van der Waals surface area contributed by atoms with E-state index in [4.69, 9.17) is 0 Å². The zero-order chi connectivity index (χ0) is 11.8. The zero-order valence-electron chi connectivity index (χ0n) is 10.2. The molecule has 0 saturated carbocycles. The summed E-state index contributed by atoms with van der Waals surface area (Å²) in [7, 11) is 0. The summed E-state index contributed by atoms with van der Waals surface area (Å²) in [5.74, 6) is 0.0841. The smallest absolute Gasteiger partial charge is 0.224 e. The van der Waals surface area contributed by atoms with Gasteiger partial charge >= 0.3 is 0 Å². The number of nitrogens with one attached hydrogen (secondary N) is 1. The van der Waals surface area contributed by atoms with Crippen molar-refractivity contribution in [3.8, 4) is 0 Å². The Balaban J connectivity index is 0.000000921. The molecule has 1 amide bonds. The Morgan fingerprint density at radius 1 is 1.33 bits per heavy atom. The molecule has 15 heavy (non-hydrogen) atoms. The van der Waals surface area contributed by atoms with Crippen molar-refractivity contribution in [3.63, 3.8) is 0 Å². The van der Waals surface area contributed by atoms with E-state index < -0.39 is 0 Å². The van der Waals surface area contributed by atoms with Crippen LogP contribution >= 0.6 is 0 Å². The molecular formula is C13H21NO. The Kier molecular flexibility index (Phi) is 6.43. The summed E-state index contributed by atoms with van der Waals surface area (Å²) in [6.45, 7) is 11.9. The van der Waals surface area contributed by atoms with Crippen LogP contribution in [-0.4, -0.2) is 5.91 Å². The van der Waals surface area contributed by atoms with E-state index in [0.717, 1.165) is 17.7 Å². The first-order valence-electron chi connectivity index (χ1n) is 5.43. The topological polar surface area (TPSA) is 29.1 Å². The Hall–Kier alpha value is -1.31. The molecule has 1 heterocycles. The second kappa shape index (κ2) is 7.04. The minimum absolute atomic E-state index is 0.0841. The highest BCUT2D eigenvalue weighted by atomic mass is 16.1. The van der Waals surface area contributed by atoms with Crippen LogP contribution in [-0.2, 0) is 4.79 Å². The summed E-state index contributed by atoms with van der Waals surface area (Å²) in [6, 6.07) is 0. The van der Waals surface area contributed by atoms with Crippen molar-refractivity contribution in [2.45, 2.75) is 40.5 Å². The van der Waals surface area contributed by atoms with Gasteiger partial charge in [0, 0.05) is 12.1 Å². The van der Waals surface area contributed by atoms with E-state index in [0.29, 0.717) is 6.42 Å². The van der Waals surface area contributed by atoms with Gasteiger partial charge in [-0.2, -0.15) is 0 Å². The molecule has 2 heteroatoms. The standard InChI is InChI=1S/C11H15NO.C2H6/c1-8(2)4-6-10-9(3)5-7-11(13)12-10;1-2/h4,6H,3,5,7H2,1-2H3,(H,12,13);1-2H3/b10-6+;. The normalized spacial score (nSPS) is 17.7. The first-order valence-corrected chi connectivity index (χ1v) is 5.43. The zero-order valence-corrected chi connectivity index (χ0v) is 10.2. The number of hydrogen-bond acceptors (Lipinski definition) is 1. The van der Waals surface area contributed by atoms with Crippen LogP contribution in [0, 0.1) is 0 Å². The van der Waals surface area contributed by atoms with Gasteiger partial charge < -0.3 is 5.32 Å². The molecule has 0 aliphatic carbocycles. The summed E-state index contributed by atoms with van der Waals surface area (Å²) >= 11 is 0.